The third kappa shape index (κ3) is 3.32. The predicted octanol–water partition coefficient (Wildman–Crippen LogP) is 0.567. The van der Waals surface area contributed by atoms with Crippen molar-refractivity contribution in [3.63, 3.8) is 0 Å². The van der Waals surface area contributed by atoms with Gasteiger partial charge in [-0.05, 0) is 19.9 Å². The van der Waals surface area contributed by atoms with E-state index in [1.807, 2.05) is 7.05 Å². The lowest BCUT2D eigenvalue weighted by Gasteiger charge is -2.19. The second kappa shape index (κ2) is 5.38. The van der Waals surface area contributed by atoms with Crippen LogP contribution in [-0.4, -0.2) is 33.0 Å². The summed E-state index contributed by atoms with van der Waals surface area (Å²) in [7, 11) is -1.01. The Bertz CT molecular complexity index is 324. The lowest BCUT2D eigenvalue weighted by molar-refractivity contribution is 0.542. The van der Waals surface area contributed by atoms with Crippen molar-refractivity contribution in [3.05, 3.63) is 0 Å². The molecule has 0 aromatic heterocycles. The third-order valence-corrected chi connectivity index (χ3v) is 4.71. The van der Waals surface area contributed by atoms with E-state index < -0.39 is 9.84 Å². The lowest BCUT2D eigenvalue weighted by atomic mass is 10.1. The average Bonchev–Trinajstić information content (AvgIpc) is 2.14. The second-order valence-electron chi connectivity index (χ2n) is 3.57. The minimum absolute atomic E-state index is 0.208. The maximum Gasteiger partial charge on any atom is 0.154 e. The molecule has 4 heteroatoms. The molecule has 0 radical (unpaired) electrons. The van der Waals surface area contributed by atoms with E-state index in [2.05, 4.69) is 17.2 Å². The Morgan fingerprint density at radius 1 is 1.36 bits per heavy atom. The van der Waals surface area contributed by atoms with Gasteiger partial charge in [-0.25, -0.2) is 8.42 Å². The van der Waals surface area contributed by atoms with Crippen molar-refractivity contribution in [1.29, 1.82) is 0 Å². The van der Waals surface area contributed by atoms with Crippen LogP contribution in [0.25, 0.3) is 0 Å². The summed E-state index contributed by atoms with van der Waals surface area (Å²) in [5, 5.41) is 2.70. The van der Waals surface area contributed by atoms with Gasteiger partial charge in [0.25, 0.3) is 0 Å². The van der Waals surface area contributed by atoms with Crippen LogP contribution in [0.5, 0.6) is 0 Å². The molecule has 1 aliphatic rings. The molecule has 80 valence electrons. The summed E-state index contributed by atoms with van der Waals surface area (Å²) in [6.45, 7) is 0.632. The van der Waals surface area contributed by atoms with Gasteiger partial charge >= 0.3 is 0 Å². The van der Waals surface area contributed by atoms with E-state index in [1.54, 1.807) is 0 Å². The first-order chi connectivity index (χ1) is 6.67. The summed E-state index contributed by atoms with van der Waals surface area (Å²) < 4.78 is 23.1. The van der Waals surface area contributed by atoms with Gasteiger partial charge in [-0.3, -0.25) is 0 Å². The smallest absolute Gasteiger partial charge is 0.154 e. The van der Waals surface area contributed by atoms with Gasteiger partial charge in [-0.2, -0.15) is 0 Å². The highest BCUT2D eigenvalue weighted by molar-refractivity contribution is 7.92. The zero-order chi connectivity index (χ0) is 10.4. The van der Waals surface area contributed by atoms with E-state index in [9.17, 15) is 8.42 Å². The van der Waals surface area contributed by atoms with Crippen LogP contribution in [0.1, 0.15) is 25.7 Å². The molecule has 0 spiro atoms. The highest BCUT2D eigenvalue weighted by Gasteiger charge is 2.27. The van der Waals surface area contributed by atoms with Gasteiger partial charge in [0, 0.05) is 6.42 Å². The number of rotatable bonds is 2. The van der Waals surface area contributed by atoms with Crippen molar-refractivity contribution in [3.8, 4) is 11.8 Å². The first-order valence-electron chi connectivity index (χ1n) is 4.98. The van der Waals surface area contributed by atoms with Crippen molar-refractivity contribution < 1.29 is 8.42 Å². The molecule has 0 saturated carbocycles. The van der Waals surface area contributed by atoms with E-state index in [4.69, 9.17) is 0 Å². The third-order valence-electron chi connectivity index (χ3n) is 2.43. The molecular formula is C10H17NO2S. The summed E-state index contributed by atoms with van der Waals surface area (Å²) in [6, 6.07) is 0. The normalized spacial score (nSPS) is 25.1. The van der Waals surface area contributed by atoms with Crippen molar-refractivity contribution in [2.75, 3.05) is 19.3 Å². The van der Waals surface area contributed by atoms with Gasteiger partial charge < -0.3 is 5.32 Å². The van der Waals surface area contributed by atoms with Crippen molar-refractivity contribution >= 4 is 9.84 Å². The molecule has 14 heavy (non-hydrogen) atoms. The van der Waals surface area contributed by atoms with Crippen LogP contribution in [0.3, 0.4) is 0 Å². The van der Waals surface area contributed by atoms with Gasteiger partial charge in [0.1, 0.15) is 0 Å². The van der Waals surface area contributed by atoms with Gasteiger partial charge in [0.2, 0.25) is 0 Å². The van der Waals surface area contributed by atoms with Gasteiger partial charge in [0.15, 0.2) is 9.84 Å². The van der Waals surface area contributed by atoms with E-state index in [0.29, 0.717) is 18.7 Å². The number of sulfone groups is 1. The monoisotopic (exact) mass is 215 g/mol. The second-order valence-corrected chi connectivity index (χ2v) is 5.97. The zero-order valence-electron chi connectivity index (χ0n) is 8.54. The largest absolute Gasteiger partial charge is 0.309 e. The number of hydrogen-bond donors (Lipinski definition) is 1. The van der Waals surface area contributed by atoms with Crippen LogP contribution in [0, 0.1) is 11.8 Å². The van der Waals surface area contributed by atoms with Crippen LogP contribution in [-0.2, 0) is 9.84 Å². The molecular weight excluding hydrogens is 198 g/mol. The van der Waals surface area contributed by atoms with Crippen LogP contribution in [0.4, 0.5) is 0 Å². The van der Waals surface area contributed by atoms with E-state index in [1.165, 1.54) is 0 Å². The Morgan fingerprint density at radius 2 is 2.14 bits per heavy atom. The van der Waals surface area contributed by atoms with Crippen LogP contribution >= 0.6 is 0 Å². The molecule has 1 saturated heterocycles. The fourth-order valence-electron chi connectivity index (χ4n) is 1.59. The van der Waals surface area contributed by atoms with Crippen molar-refractivity contribution in [2.45, 2.75) is 30.9 Å². The highest BCUT2D eigenvalue weighted by Crippen LogP contribution is 2.21. The molecule has 1 heterocycles. The molecule has 1 unspecified atom stereocenters. The molecule has 1 aliphatic heterocycles. The molecule has 1 rings (SSSR count). The Labute approximate surface area is 86.2 Å². The summed E-state index contributed by atoms with van der Waals surface area (Å²) in [5.74, 6) is 6.17. The molecule has 0 amide bonds. The molecule has 1 fully saturated rings. The predicted molar refractivity (Wildman–Crippen MR) is 57.7 cm³/mol. The van der Waals surface area contributed by atoms with Crippen LogP contribution in [0.2, 0.25) is 0 Å². The minimum atomic E-state index is -2.83. The topological polar surface area (TPSA) is 46.2 Å². The minimum Gasteiger partial charge on any atom is -0.309 e. The molecule has 0 bridgehead atoms. The Balaban J connectivity index is 2.48. The summed E-state index contributed by atoms with van der Waals surface area (Å²) >= 11 is 0. The fraction of sp³-hybridized carbons (Fsp3) is 0.800. The van der Waals surface area contributed by atoms with Crippen LogP contribution in [0.15, 0.2) is 0 Å². The fourth-order valence-corrected chi connectivity index (χ4v) is 3.39. The standard InChI is InChI=1S/C10H17NO2S/c1-11-8-4-2-6-10-7-3-5-9-14(10,12)13/h10-11H,3,5-9H2,1H3. The van der Waals surface area contributed by atoms with Gasteiger partial charge in [-0.1, -0.05) is 12.3 Å². The summed E-state index contributed by atoms with van der Waals surface area (Å²) in [5.41, 5.74) is 0. The highest BCUT2D eigenvalue weighted by atomic mass is 32.2. The maximum atomic E-state index is 11.6. The molecule has 1 N–H and O–H groups in total. The molecule has 1 atom stereocenters. The van der Waals surface area contributed by atoms with Gasteiger partial charge in [-0.15, -0.1) is 5.92 Å². The number of hydrogen-bond acceptors (Lipinski definition) is 3. The quantitative estimate of drug-likeness (QED) is 0.685. The SMILES string of the molecule is CNCC#CCC1CCCCS1(=O)=O. The molecule has 0 aromatic carbocycles. The van der Waals surface area contributed by atoms with Crippen LogP contribution < -0.4 is 5.32 Å². The summed E-state index contributed by atoms with van der Waals surface area (Å²) in [4.78, 5) is 0. The van der Waals surface area contributed by atoms with E-state index in [0.717, 1.165) is 19.3 Å². The average molecular weight is 215 g/mol. The summed E-state index contributed by atoms with van der Waals surface area (Å²) in [6.07, 6.45) is 3.14. The Morgan fingerprint density at radius 3 is 2.79 bits per heavy atom. The maximum absolute atomic E-state index is 11.6. The molecule has 0 aliphatic carbocycles. The zero-order valence-corrected chi connectivity index (χ0v) is 9.36. The first-order valence-corrected chi connectivity index (χ1v) is 6.70. The molecule has 3 nitrogen and oxygen atoms in total. The first kappa shape index (κ1) is 11.5. The van der Waals surface area contributed by atoms with E-state index >= 15 is 0 Å². The van der Waals surface area contributed by atoms with Gasteiger partial charge in [0.05, 0.1) is 17.5 Å². The van der Waals surface area contributed by atoms with E-state index in [-0.39, 0.29) is 5.25 Å². The Hall–Kier alpha value is -0.530. The van der Waals surface area contributed by atoms with Crippen molar-refractivity contribution in [2.24, 2.45) is 0 Å². The lowest BCUT2D eigenvalue weighted by Crippen LogP contribution is -2.27. The number of nitrogens with one attached hydrogen (secondary N) is 1. The Kier molecular flexibility index (Phi) is 4.43. The molecule has 0 aromatic rings. The van der Waals surface area contributed by atoms with Crippen molar-refractivity contribution in [1.82, 2.24) is 5.32 Å².